The third kappa shape index (κ3) is 3.93. The van der Waals surface area contributed by atoms with Gasteiger partial charge in [-0.3, -0.25) is 4.79 Å². The van der Waals surface area contributed by atoms with Crippen LogP contribution < -0.4 is 4.90 Å². The number of rotatable bonds is 5. The number of carbonyl (C=O) groups is 1. The van der Waals surface area contributed by atoms with E-state index in [0.29, 0.717) is 50.0 Å². The molecule has 1 fully saturated rings. The van der Waals surface area contributed by atoms with E-state index in [1.165, 1.54) is 6.33 Å². The van der Waals surface area contributed by atoms with Gasteiger partial charge in [0.1, 0.15) is 12.1 Å². The van der Waals surface area contributed by atoms with Crippen molar-refractivity contribution in [1.29, 1.82) is 0 Å². The molecule has 0 spiro atoms. The second-order valence-electron chi connectivity index (χ2n) is 6.69. The maximum Gasteiger partial charge on any atom is 0.254 e. The van der Waals surface area contributed by atoms with Crippen LogP contribution in [0.5, 0.6) is 0 Å². The Balaban J connectivity index is 1.45. The highest BCUT2D eigenvalue weighted by molar-refractivity contribution is 6.30. The molecule has 0 radical (unpaired) electrons. The fourth-order valence-electron chi connectivity index (χ4n) is 3.41. The number of hydrogen-bond acceptors (Lipinski definition) is 6. The fraction of sp³-hybridized carbons (Fsp3) is 0.368. The summed E-state index contributed by atoms with van der Waals surface area (Å²) >= 11 is 6.02. The van der Waals surface area contributed by atoms with Crippen LogP contribution in [-0.4, -0.2) is 63.7 Å². The SMILES string of the molecule is COCc1cc(N2CCN(C(=O)Cc3cccc(Cl)c3)CC2)n2ncnc2n1. The molecule has 1 aliphatic heterocycles. The molecule has 0 saturated carbocycles. The van der Waals surface area contributed by atoms with E-state index in [1.807, 2.05) is 35.2 Å². The molecule has 0 N–H and O–H groups in total. The van der Waals surface area contributed by atoms with Crippen molar-refractivity contribution in [2.75, 3.05) is 38.2 Å². The van der Waals surface area contributed by atoms with Gasteiger partial charge in [0.15, 0.2) is 0 Å². The second kappa shape index (κ2) is 8.12. The van der Waals surface area contributed by atoms with E-state index in [1.54, 1.807) is 11.6 Å². The summed E-state index contributed by atoms with van der Waals surface area (Å²) in [6, 6.07) is 9.41. The summed E-state index contributed by atoms with van der Waals surface area (Å²) in [5.74, 6) is 1.57. The Kier molecular flexibility index (Phi) is 5.40. The molecule has 1 amide bonds. The van der Waals surface area contributed by atoms with Gasteiger partial charge in [0.05, 0.1) is 18.7 Å². The van der Waals surface area contributed by atoms with Crippen LogP contribution in [0.3, 0.4) is 0 Å². The zero-order chi connectivity index (χ0) is 19.5. The minimum Gasteiger partial charge on any atom is -0.378 e. The van der Waals surface area contributed by atoms with Crippen LogP contribution in [0.25, 0.3) is 5.78 Å². The zero-order valence-electron chi connectivity index (χ0n) is 15.6. The smallest absolute Gasteiger partial charge is 0.254 e. The normalized spacial score (nSPS) is 14.6. The summed E-state index contributed by atoms with van der Waals surface area (Å²) in [5, 5.41) is 4.93. The Morgan fingerprint density at radius 2 is 2.04 bits per heavy atom. The second-order valence-corrected chi connectivity index (χ2v) is 7.12. The molecule has 3 aromatic rings. The first kappa shape index (κ1) is 18.6. The van der Waals surface area contributed by atoms with Crippen LogP contribution in [0.1, 0.15) is 11.3 Å². The average molecular weight is 401 g/mol. The molecule has 0 bridgehead atoms. The van der Waals surface area contributed by atoms with Gasteiger partial charge in [-0.05, 0) is 17.7 Å². The molecule has 146 valence electrons. The lowest BCUT2D eigenvalue weighted by Crippen LogP contribution is -2.49. The van der Waals surface area contributed by atoms with Gasteiger partial charge in [-0.1, -0.05) is 23.7 Å². The van der Waals surface area contributed by atoms with Crippen LogP contribution in [0.2, 0.25) is 5.02 Å². The number of piperazine rings is 1. The van der Waals surface area contributed by atoms with E-state index in [2.05, 4.69) is 20.0 Å². The molecule has 1 aliphatic rings. The Morgan fingerprint density at radius 1 is 1.21 bits per heavy atom. The summed E-state index contributed by atoms with van der Waals surface area (Å²) in [6.07, 6.45) is 1.86. The van der Waals surface area contributed by atoms with Gasteiger partial charge in [0.25, 0.3) is 5.78 Å². The zero-order valence-corrected chi connectivity index (χ0v) is 16.3. The van der Waals surface area contributed by atoms with E-state index in [4.69, 9.17) is 16.3 Å². The number of halogens is 1. The predicted octanol–water partition coefficient (Wildman–Crippen LogP) is 1.82. The number of aromatic nitrogens is 4. The van der Waals surface area contributed by atoms with Crippen LogP contribution in [0, 0.1) is 0 Å². The lowest BCUT2D eigenvalue weighted by molar-refractivity contribution is -0.130. The highest BCUT2D eigenvalue weighted by Gasteiger charge is 2.23. The molecule has 4 rings (SSSR count). The van der Waals surface area contributed by atoms with Gasteiger partial charge in [-0.25, -0.2) is 4.98 Å². The minimum absolute atomic E-state index is 0.114. The molecular formula is C19H21ClN6O2. The lowest BCUT2D eigenvalue weighted by Gasteiger charge is -2.36. The molecule has 1 saturated heterocycles. The maximum atomic E-state index is 12.6. The van der Waals surface area contributed by atoms with Gasteiger partial charge >= 0.3 is 0 Å². The third-order valence-electron chi connectivity index (χ3n) is 4.78. The number of fused-ring (bicyclic) bond motifs is 1. The van der Waals surface area contributed by atoms with E-state index in [9.17, 15) is 4.79 Å². The molecule has 0 unspecified atom stereocenters. The van der Waals surface area contributed by atoms with Crippen molar-refractivity contribution in [2.24, 2.45) is 0 Å². The molecule has 3 heterocycles. The highest BCUT2D eigenvalue weighted by Crippen LogP contribution is 2.19. The van der Waals surface area contributed by atoms with E-state index in [0.717, 1.165) is 17.1 Å². The fourth-order valence-corrected chi connectivity index (χ4v) is 3.62. The summed E-state index contributed by atoms with van der Waals surface area (Å²) in [5.41, 5.74) is 1.74. The first-order chi connectivity index (χ1) is 13.6. The highest BCUT2D eigenvalue weighted by atomic mass is 35.5. The molecule has 1 aromatic carbocycles. The molecule has 0 aliphatic carbocycles. The van der Waals surface area contributed by atoms with E-state index < -0.39 is 0 Å². The van der Waals surface area contributed by atoms with Crippen LogP contribution in [0.15, 0.2) is 36.7 Å². The van der Waals surface area contributed by atoms with Crippen LogP contribution >= 0.6 is 11.6 Å². The minimum atomic E-state index is 0.114. The molecule has 28 heavy (non-hydrogen) atoms. The summed E-state index contributed by atoms with van der Waals surface area (Å²) in [7, 11) is 1.64. The van der Waals surface area contributed by atoms with Gasteiger partial charge in [-0.15, -0.1) is 0 Å². The molecule has 2 aromatic heterocycles. The largest absolute Gasteiger partial charge is 0.378 e. The van der Waals surface area contributed by atoms with E-state index >= 15 is 0 Å². The predicted molar refractivity (Wildman–Crippen MR) is 105 cm³/mol. The Morgan fingerprint density at radius 3 is 2.79 bits per heavy atom. The third-order valence-corrected chi connectivity index (χ3v) is 5.01. The Labute approximate surface area is 167 Å². The van der Waals surface area contributed by atoms with Crippen molar-refractivity contribution >= 4 is 29.1 Å². The van der Waals surface area contributed by atoms with Crippen LogP contribution in [0.4, 0.5) is 5.82 Å². The average Bonchev–Trinajstić information content (AvgIpc) is 3.16. The topological polar surface area (TPSA) is 75.9 Å². The van der Waals surface area contributed by atoms with Crippen molar-refractivity contribution in [3.8, 4) is 0 Å². The number of amides is 1. The first-order valence-electron chi connectivity index (χ1n) is 9.10. The summed E-state index contributed by atoms with van der Waals surface area (Å²) < 4.78 is 6.93. The monoisotopic (exact) mass is 400 g/mol. The number of nitrogens with zero attached hydrogens (tertiary/aromatic N) is 6. The van der Waals surface area contributed by atoms with Gasteiger partial charge < -0.3 is 14.5 Å². The number of anilines is 1. The Bertz CT molecular complexity index is 983. The summed E-state index contributed by atoms with van der Waals surface area (Å²) in [6.45, 7) is 3.14. The molecule has 8 nitrogen and oxygen atoms in total. The standard InChI is InChI=1S/C19H21ClN6O2/c1-28-12-16-11-17(26-19(23-16)21-13-22-26)24-5-7-25(8-6-24)18(27)10-14-3-2-4-15(20)9-14/h2-4,9,11,13H,5-8,10,12H2,1H3. The number of hydrogen-bond donors (Lipinski definition) is 0. The van der Waals surface area contributed by atoms with E-state index in [-0.39, 0.29) is 5.91 Å². The number of methoxy groups -OCH3 is 1. The Hall–Kier alpha value is -2.71. The van der Waals surface area contributed by atoms with Crippen LogP contribution in [-0.2, 0) is 22.6 Å². The van der Waals surface area contributed by atoms with Crippen molar-refractivity contribution in [2.45, 2.75) is 13.0 Å². The number of benzene rings is 1. The molecule has 0 atom stereocenters. The van der Waals surface area contributed by atoms with Gasteiger partial charge in [0.2, 0.25) is 5.91 Å². The number of ether oxygens (including phenoxy) is 1. The maximum absolute atomic E-state index is 12.6. The van der Waals surface area contributed by atoms with Crippen molar-refractivity contribution in [3.05, 3.63) is 52.9 Å². The lowest BCUT2D eigenvalue weighted by atomic mass is 10.1. The number of carbonyl (C=O) groups excluding carboxylic acids is 1. The van der Waals surface area contributed by atoms with Crippen molar-refractivity contribution < 1.29 is 9.53 Å². The first-order valence-corrected chi connectivity index (χ1v) is 9.47. The summed E-state index contributed by atoms with van der Waals surface area (Å²) in [4.78, 5) is 25.4. The van der Waals surface area contributed by atoms with Gasteiger partial charge in [0, 0.05) is 44.4 Å². The molecule has 9 heteroatoms. The van der Waals surface area contributed by atoms with Crippen molar-refractivity contribution in [3.63, 3.8) is 0 Å². The van der Waals surface area contributed by atoms with Gasteiger partial charge in [-0.2, -0.15) is 14.6 Å². The molecular weight excluding hydrogens is 380 g/mol. The van der Waals surface area contributed by atoms with Crippen molar-refractivity contribution in [1.82, 2.24) is 24.5 Å². The quantitative estimate of drug-likeness (QED) is 0.650.